The summed E-state index contributed by atoms with van der Waals surface area (Å²) in [7, 11) is 0. The van der Waals surface area contributed by atoms with Crippen LogP contribution in [0.15, 0.2) is 42.7 Å². The molecule has 0 fully saturated rings. The molecule has 17 heavy (non-hydrogen) atoms. The van der Waals surface area contributed by atoms with Crippen molar-refractivity contribution in [2.45, 2.75) is 6.92 Å². The lowest BCUT2D eigenvalue weighted by Gasteiger charge is -1.94. The van der Waals surface area contributed by atoms with E-state index in [0.717, 1.165) is 22.4 Å². The standard InChI is InChI=1S/C14H11N3/c1-9-8-17-7-6-11-10-4-2-3-5-12(10)16-13(11)14(17)15-9/h2-8,16H,1H3. The van der Waals surface area contributed by atoms with E-state index in [0.29, 0.717) is 0 Å². The van der Waals surface area contributed by atoms with Crippen molar-refractivity contribution in [2.75, 3.05) is 0 Å². The number of benzene rings is 1. The number of imidazole rings is 1. The van der Waals surface area contributed by atoms with Crippen LogP contribution in [-0.4, -0.2) is 14.4 Å². The Morgan fingerprint density at radius 3 is 2.94 bits per heavy atom. The zero-order valence-corrected chi connectivity index (χ0v) is 9.44. The second-order valence-corrected chi connectivity index (χ2v) is 4.39. The molecule has 0 bridgehead atoms. The van der Waals surface area contributed by atoms with Gasteiger partial charge in [-0.05, 0) is 19.1 Å². The predicted octanol–water partition coefficient (Wildman–Crippen LogP) is 3.28. The van der Waals surface area contributed by atoms with E-state index in [-0.39, 0.29) is 0 Å². The van der Waals surface area contributed by atoms with Gasteiger partial charge in [-0.3, -0.25) is 0 Å². The van der Waals surface area contributed by atoms with Crippen molar-refractivity contribution in [3.8, 4) is 0 Å². The quantitative estimate of drug-likeness (QED) is 0.485. The maximum absolute atomic E-state index is 4.57. The van der Waals surface area contributed by atoms with E-state index >= 15 is 0 Å². The number of nitrogens with zero attached hydrogens (tertiary/aromatic N) is 2. The molecule has 0 aliphatic carbocycles. The number of pyridine rings is 1. The van der Waals surface area contributed by atoms with Gasteiger partial charge in [-0.2, -0.15) is 0 Å². The van der Waals surface area contributed by atoms with Crippen molar-refractivity contribution in [2.24, 2.45) is 0 Å². The fourth-order valence-corrected chi connectivity index (χ4v) is 2.48. The highest BCUT2D eigenvalue weighted by Gasteiger charge is 2.08. The lowest BCUT2D eigenvalue weighted by Crippen LogP contribution is -1.82. The minimum Gasteiger partial charge on any atom is -0.351 e. The summed E-state index contributed by atoms with van der Waals surface area (Å²) in [5.41, 5.74) is 4.31. The van der Waals surface area contributed by atoms with Crippen molar-refractivity contribution in [1.82, 2.24) is 14.4 Å². The van der Waals surface area contributed by atoms with Gasteiger partial charge in [0.05, 0.1) is 11.2 Å². The molecule has 3 heterocycles. The Morgan fingerprint density at radius 1 is 1.12 bits per heavy atom. The Labute approximate surface area is 97.7 Å². The summed E-state index contributed by atoms with van der Waals surface area (Å²) in [6, 6.07) is 10.5. The Morgan fingerprint density at radius 2 is 2.00 bits per heavy atom. The molecule has 0 amide bonds. The van der Waals surface area contributed by atoms with Crippen LogP contribution in [0.4, 0.5) is 0 Å². The lowest BCUT2D eigenvalue weighted by molar-refractivity contribution is 1.20. The summed E-state index contributed by atoms with van der Waals surface area (Å²) in [4.78, 5) is 8.02. The lowest BCUT2D eigenvalue weighted by atomic mass is 10.2. The molecular weight excluding hydrogens is 210 g/mol. The average molecular weight is 221 g/mol. The van der Waals surface area contributed by atoms with Crippen LogP contribution < -0.4 is 0 Å². The number of para-hydroxylation sites is 1. The van der Waals surface area contributed by atoms with Gasteiger partial charge in [0.2, 0.25) is 0 Å². The summed E-state index contributed by atoms with van der Waals surface area (Å²) in [6.45, 7) is 2.02. The van der Waals surface area contributed by atoms with Crippen molar-refractivity contribution < 1.29 is 0 Å². The topological polar surface area (TPSA) is 33.1 Å². The molecule has 0 unspecified atom stereocenters. The third-order valence-corrected chi connectivity index (χ3v) is 3.22. The van der Waals surface area contributed by atoms with Crippen molar-refractivity contribution in [3.05, 3.63) is 48.4 Å². The molecule has 3 heteroatoms. The number of rotatable bonds is 0. The van der Waals surface area contributed by atoms with Gasteiger partial charge in [0.25, 0.3) is 0 Å². The molecule has 0 spiro atoms. The smallest absolute Gasteiger partial charge is 0.161 e. The Bertz CT molecular complexity index is 852. The van der Waals surface area contributed by atoms with Crippen LogP contribution in [0, 0.1) is 6.92 Å². The fourth-order valence-electron chi connectivity index (χ4n) is 2.48. The Kier molecular flexibility index (Phi) is 1.50. The zero-order chi connectivity index (χ0) is 11.4. The van der Waals surface area contributed by atoms with Crippen LogP contribution in [-0.2, 0) is 0 Å². The molecule has 0 atom stereocenters. The van der Waals surface area contributed by atoms with E-state index in [1.54, 1.807) is 0 Å². The van der Waals surface area contributed by atoms with Gasteiger partial charge in [0, 0.05) is 28.7 Å². The first-order valence-electron chi connectivity index (χ1n) is 5.68. The third kappa shape index (κ3) is 1.08. The van der Waals surface area contributed by atoms with Crippen LogP contribution in [0.3, 0.4) is 0 Å². The summed E-state index contributed by atoms with van der Waals surface area (Å²) in [5.74, 6) is 0. The van der Waals surface area contributed by atoms with E-state index in [9.17, 15) is 0 Å². The molecule has 0 radical (unpaired) electrons. The molecule has 3 aromatic heterocycles. The van der Waals surface area contributed by atoms with Gasteiger partial charge in [0.1, 0.15) is 0 Å². The molecule has 0 saturated carbocycles. The first-order chi connectivity index (χ1) is 8.33. The zero-order valence-electron chi connectivity index (χ0n) is 9.44. The molecule has 0 aliphatic rings. The van der Waals surface area contributed by atoms with Crippen LogP contribution in [0.1, 0.15) is 5.69 Å². The fraction of sp³-hybridized carbons (Fsp3) is 0.0714. The molecule has 4 rings (SSSR count). The van der Waals surface area contributed by atoms with Gasteiger partial charge >= 0.3 is 0 Å². The highest BCUT2D eigenvalue weighted by Crippen LogP contribution is 2.27. The van der Waals surface area contributed by atoms with E-state index in [1.165, 1.54) is 10.8 Å². The Hall–Kier alpha value is -2.29. The number of aryl methyl sites for hydroxylation is 1. The second kappa shape index (κ2) is 2.88. The Balaban J connectivity index is 2.33. The van der Waals surface area contributed by atoms with Gasteiger partial charge < -0.3 is 9.38 Å². The molecular formula is C14H11N3. The second-order valence-electron chi connectivity index (χ2n) is 4.39. The molecule has 0 aliphatic heterocycles. The molecule has 1 N–H and O–H groups in total. The highest BCUT2D eigenvalue weighted by molar-refractivity contribution is 6.11. The first-order valence-corrected chi connectivity index (χ1v) is 5.68. The molecule has 1 aromatic carbocycles. The van der Waals surface area contributed by atoms with E-state index in [4.69, 9.17) is 0 Å². The summed E-state index contributed by atoms with van der Waals surface area (Å²) < 4.78 is 2.06. The average Bonchev–Trinajstić information content (AvgIpc) is 2.87. The molecule has 3 nitrogen and oxygen atoms in total. The number of hydrogen-bond acceptors (Lipinski definition) is 1. The maximum atomic E-state index is 4.57. The first kappa shape index (κ1) is 8.82. The van der Waals surface area contributed by atoms with Gasteiger partial charge in [-0.1, -0.05) is 18.2 Å². The van der Waals surface area contributed by atoms with E-state index in [2.05, 4.69) is 44.8 Å². The normalized spacial score (nSPS) is 11.8. The monoisotopic (exact) mass is 221 g/mol. The van der Waals surface area contributed by atoms with Gasteiger partial charge in [-0.15, -0.1) is 0 Å². The number of fused-ring (bicyclic) bond motifs is 5. The number of nitrogens with one attached hydrogen (secondary N) is 1. The van der Waals surface area contributed by atoms with Gasteiger partial charge in [0.15, 0.2) is 5.65 Å². The molecule has 82 valence electrons. The van der Waals surface area contributed by atoms with Crippen molar-refractivity contribution in [3.63, 3.8) is 0 Å². The van der Waals surface area contributed by atoms with Gasteiger partial charge in [-0.25, -0.2) is 4.98 Å². The SMILES string of the molecule is Cc1cn2ccc3c4ccccc4[nH]c3c2n1. The van der Waals surface area contributed by atoms with Crippen molar-refractivity contribution >= 4 is 27.5 Å². The van der Waals surface area contributed by atoms with E-state index in [1.807, 2.05) is 19.2 Å². The summed E-state index contributed by atoms with van der Waals surface area (Å²) in [6.07, 6.45) is 4.11. The van der Waals surface area contributed by atoms with Crippen LogP contribution in [0.25, 0.3) is 27.5 Å². The number of hydrogen-bond donors (Lipinski definition) is 1. The minimum atomic E-state index is 0.996. The largest absolute Gasteiger partial charge is 0.351 e. The number of aromatic nitrogens is 3. The number of H-pyrrole nitrogens is 1. The van der Waals surface area contributed by atoms with Crippen LogP contribution in [0.5, 0.6) is 0 Å². The van der Waals surface area contributed by atoms with Crippen molar-refractivity contribution in [1.29, 1.82) is 0 Å². The van der Waals surface area contributed by atoms with E-state index < -0.39 is 0 Å². The molecule has 4 aromatic rings. The summed E-state index contributed by atoms with van der Waals surface area (Å²) >= 11 is 0. The minimum absolute atomic E-state index is 0.996. The number of aromatic amines is 1. The van der Waals surface area contributed by atoms with Crippen LogP contribution >= 0.6 is 0 Å². The van der Waals surface area contributed by atoms with Crippen LogP contribution in [0.2, 0.25) is 0 Å². The summed E-state index contributed by atoms with van der Waals surface area (Å²) in [5, 5.41) is 2.49. The highest BCUT2D eigenvalue weighted by atomic mass is 15.0. The molecule has 0 saturated heterocycles. The predicted molar refractivity (Wildman–Crippen MR) is 69.3 cm³/mol. The maximum Gasteiger partial charge on any atom is 0.161 e. The third-order valence-electron chi connectivity index (χ3n) is 3.22.